The second-order valence-corrected chi connectivity index (χ2v) is 7.55. The average Bonchev–Trinajstić information content (AvgIpc) is 3.24. The minimum Gasteiger partial charge on any atom is -0.480 e. The van der Waals surface area contributed by atoms with Crippen molar-refractivity contribution in [2.75, 3.05) is 5.75 Å². The van der Waals surface area contributed by atoms with E-state index in [1.807, 2.05) is 42.5 Å². The average molecular weight is 358 g/mol. The molecule has 1 aliphatic heterocycles. The summed E-state index contributed by atoms with van der Waals surface area (Å²) in [5, 5.41) is 13.9. The van der Waals surface area contributed by atoms with Gasteiger partial charge in [0.15, 0.2) is 5.09 Å². The predicted octanol–water partition coefficient (Wildman–Crippen LogP) is 3.77. The molecule has 1 aliphatic rings. The molecule has 2 N–H and O–H groups in total. The van der Waals surface area contributed by atoms with E-state index in [0.29, 0.717) is 5.75 Å². The maximum Gasteiger partial charge on any atom is 0.321 e. The number of aromatic nitrogens is 1. The van der Waals surface area contributed by atoms with Crippen molar-refractivity contribution in [1.29, 1.82) is 0 Å². The number of benzene rings is 1. The van der Waals surface area contributed by atoms with Gasteiger partial charge in [-0.25, -0.2) is 0 Å². The summed E-state index contributed by atoms with van der Waals surface area (Å²) in [6.45, 7) is 0. The number of nitrogens with one attached hydrogen (secondary N) is 1. The number of hydrogen-bond donors (Lipinski definition) is 2. The minimum atomic E-state index is -0.826. The number of para-hydroxylation sites is 1. The molecule has 0 radical (unpaired) electrons. The summed E-state index contributed by atoms with van der Waals surface area (Å²) in [7, 11) is 0. The van der Waals surface area contributed by atoms with Crippen LogP contribution in [0, 0.1) is 0 Å². The van der Waals surface area contributed by atoms with Crippen LogP contribution >= 0.6 is 23.5 Å². The molecule has 4 rings (SSSR count). The van der Waals surface area contributed by atoms with E-state index in [2.05, 4.69) is 10.3 Å². The van der Waals surface area contributed by atoms with E-state index in [0.717, 1.165) is 26.7 Å². The van der Waals surface area contributed by atoms with Crippen molar-refractivity contribution in [3.63, 3.8) is 0 Å². The van der Waals surface area contributed by atoms with E-state index in [-0.39, 0.29) is 5.37 Å². The lowest BCUT2D eigenvalue weighted by molar-refractivity contribution is -0.138. The van der Waals surface area contributed by atoms with Crippen LogP contribution in [0.15, 0.2) is 63.1 Å². The Hall–Kier alpha value is -1.96. The molecule has 0 aliphatic carbocycles. The topological polar surface area (TPSA) is 75.4 Å². The molecule has 1 fully saturated rings. The quantitative estimate of drug-likeness (QED) is 0.735. The zero-order chi connectivity index (χ0) is 16.5. The number of fused-ring (bicyclic) bond motifs is 1. The van der Waals surface area contributed by atoms with Crippen LogP contribution in [0.5, 0.6) is 0 Å². The Morgan fingerprint density at radius 1 is 1.29 bits per heavy atom. The van der Waals surface area contributed by atoms with Crippen molar-refractivity contribution >= 4 is 40.4 Å². The second kappa shape index (κ2) is 6.51. The highest BCUT2D eigenvalue weighted by Crippen LogP contribution is 2.38. The van der Waals surface area contributed by atoms with Gasteiger partial charge in [-0.2, -0.15) is 0 Å². The molecule has 0 spiro atoms. The van der Waals surface area contributed by atoms with Gasteiger partial charge in [-0.05, 0) is 36.0 Å². The highest BCUT2D eigenvalue weighted by Gasteiger charge is 2.32. The third-order valence-corrected chi connectivity index (χ3v) is 5.94. The number of thioether (sulfide) groups is 1. The van der Waals surface area contributed by atoms with Crippen LogP contribution in [0.1, 0.15) is 11.1 Å². The first-order valence-corrected chi connectivity index (χ1v) is 9.29. The van der Waals surface area contributed by atoms with Crippen molar-refractivity contribution in [3.8, 4) is 0 Å². The number of nitrogens with zero attached hydrogens (tertiary/aromatic N) is 1. The molecule has 0 unspecified atom stereocenters. The fourth-order valence-corrected chi connectivity index (χ4v) is 4.66. The summed E-state index contributed by atoms with van der Waals surface area (Å²) in [5.74, 6) is 0.462. The van der Waals surface area contributed by atoms with Crippen LogP contribution in [0.3, 0.4) is 0 Å². The molecule has 5 nitrogen and oxygen atoms in total. The van der Waals surface area contributed by atoms with E-state index < -0.39 is 12.0 Å². The first kappa shape index (κ1) is 15.6. The monoisotopic (exact) mass is 358 g/mol. The van der Waals surface area contributed by atoms with E-state index in [4.69, 9.17) is 9.52 Å². The lowest BCUT2D eigenvalue weighted by atomic mass is 10.2. The van der Waals surface area contributed by atoms with Gasteiger partial charge in [0, 0.05) is 22.2 Å². The van der Waals surface area contributed by atoms with Crippen LogP contribution in [0.25, 0.3) is 10.9 Å². The number of furan rings is 1. The summed E-state index contributed by atoms with van der Waals surface area (Å²) in [6.07, 6.45) is 1.78. The van der Waals surface area contributed by atoms with Crippen molar-refractivity contribution in [2.45, 2.75) is 21.4 Å². The molecule has 3 aromatic rings. The van der Waals surface area contributed by atoms with Crippen molar-refractivity contribution in [3.05, 3.63) is 54.4 Å². The van der Waals surface area contributed by atoms with E-state index in [9.17, 15) is 4.79 Å². The Balaban J connectivity index is 1.54. The van der Waals surface area contributed by atoms with E-state index >= 15 is 0 Å². The van der Waals surface area contributed by atoms with Crippen LogP contribution < -0.4 is 5.32 Å². The van der Waals surface area contributed by atoms with E-state index in [1.54, 1.807) is 18.0 Å². The lowest BCUT2D eigenvalue weighted by Gasteiger charge is -2.07. The van der Waals surface area contributed by atoms with E-state index in [1.165, 1.54) is 11.8 Å². The van der Waals surface area contributed by atoms with Gasteiger partial charge >= 0.3 is 5.97 Å². The molecule has 122 valence electrons. The second-order valence-electron chi connectivity index (χ2n) is 5.36. The van der Waals surface area contributed by atoms with Gasteiger partial charge in [-0.15, -0.1) is 11.8 Å². The minimum absolute atomic E-state index is 0.119. The Morgan fingerprint density at radius 2 is 2.17 bits per heavy atom. The molecule has 2 atom stereocenters. The van der Waals surface area contributed by atoms with Gasteiger partial charge in [-0.1, -0.05) is 18.2 Å². The summed E-state index contributed by atoms with van der Waals surface area (Å²) in [5.41, 5.74) is 0.947. The molecular weight excluding hydrogens is 344 g/mol. The number of hydrogen-bond acceptors (Lipinski definition) is 6. The van der Waals surface area contributed by atoms with Gasteiger partial charge in [0.1, 0.15) is 17.2 Å². The summed E-state index contributed by atoms with van der Waals surface area (Å²) >= 11 is 3.07. The Labute approximate surface area is 146 Å². The number of carbonyl (C=O) groups is 1. The van der Waals surface area contributed by atoms with Crippen LogP contribution in [0.2, 0.25) is 0 Å². The number of carboxylic acid groups (broad SMARTS) is 1. The third kappa shape index (κ3) is 3.02. The fraction of sp³-hybridized carbons (Fsp3) is 0.176. The molecule has 0 saturated carbocycles. The summed E-state index contributed by atoms with van der Waals surface area (Å²) < 4.78 is 5.91. The maximum absolute atomic E-state index is 11.0. The molecule has 3 heterocycles. The number of aliphatic carboxylic acids is 1. The smallest absolute Gasteiger partial charge is 0.321 e. The molecule has 1 aromatic carbocycles. The van der Waals surface area contributed by atoms with Gasteiger partial charge in [0.25, 0.3) is 0 Å². The number of pyridine rings is 1. The van der Waals surface area contributed by atoms with Crippen LogP contribution in [-0.4, -0.2) is 27.9 Å². The molecule has 24 heavy (non-hydrogen) atoms. The highest BCUT2D eigenvalue weighted by molar-refractivity contribution is 8.00. The molecule has 7 heteroatoms. The standard InChI is InChI=1S/C17H14N2O3S2/c20-17(21)11-9-23-16(19-11)12-6-7-14(22-12)24-13-5-1-3-10-4-2-8-18-15(10)13/h1-8,11,16,19H,9H2,(H,20,21)/t11-,16-/m0/s1. The third-order valence-electron chi connectivity index (χ3n) is 3.75. The van der Waals surface area contributed by atoms with Crippen molar-refractivity contribution in [2.24, 2.45) is 0 Å². The molecule has 2 aromatic heterocycles. The number of carboxylic acids is 1. The van der Waals surface area contributed by atoms with Crippen LogP contribution in [-0.2, 0) is 4.79 Å². The van der Waals surface area contributed by atoms with Crippen molar-refractivity contribution < 1.29 is 14.3 Å². The first-order valence-electron chi connectivity index (χ1n) is 7.42. The van der Waals surface area contributed by atoms with Crippen molar-refractivity contribution in [1.82, 2.24) is 10.3 Å². The summed E-state index contributed by atoms with van der Waals surface area (Å²) in [4.78, 5) is 16.5. The zero-order valence-corrected chi connectivity index (χ0v) is 14.1. The SMILES string of the molecule is O=C(O)[C@@H]1CS[C@@H](c2ccc(Sc3cccc4cccnc34)o2)N1. The molecule has 0 bridgehead atoms. The molecule has 1 saturated heterocycles. The van der Waals surface area contributed by atoms with Gasteiger partial charge in [-0.3, -0.25) is 15.1 Å². The van der Waals surface area contributed by atoms with Gasteiger partial charge in [0.2, 0.25) is 0 Å². The largest absolute Gasteiger partial charge is 0.480 e. The van der Waals surface area contributed by atoms with Crippen LogP contribution in [0.4, 0.5) is 0 Å². The normalized spacial score (nSPS) is 20.5. The lowest BCUT2D eigenvalue weighted by Crippen LogP contribution is -2.33. The van der Waals surface area contributed by atoms with Gasteiger partial charge < -0.3 is 9.52 Å². The van der Waals surface area contributed by atoms with Gasteiger partial charge in [0.05, 0.1) is 5.52 Å². The molecule has 0 amide bonds. The summed E-state index contributed by atoms with van der Waals surface area (Å²) in [6, 6.07) is 13.3. The Kier molecular flexibility index (Phi) is 4.22. The fourth-order valence-electron chi connectivity index (χ4n) is 2.58. The number of rotatable bonds is 4. The Morgan fingerprint density at radius 3 is 3.00 bits per heavy atom. The molecular formula is C17H14N2O3S2. The zero-order valence-electron chi connectivity index (χ0n) is 12.5. The maximum atomic E-state index is 11.0. The first-order chi connectivity index (χ1) is 11.7. The Bertz CT molecular complexity index is 891. The predicted molar refractivity (Wildman–Crippen MR) is 94.3 cm³/mol. The highest BCUT2D eigenvalue weighted by atomic mass is 32.2.